The highest BCUT2D eigenvalue weighted by atomic mass is 19.4. The van der Waals surface area contributed by atoms with Crippen LogP contribution >= 0.6 is 0 Å². The van der Waals surface area contributed by atoms with E-state index in [1.807, 2.05) is 19.0 Å². The number of nitrogens with one attached hydrogen (secondary N) is 1. The van der Waals surface area contributed by atoms with Crippen molar-refractivity contribution < 1.29 is 22.3 Å². The van der Waals surface area contributed by atoms with Crippen molar-refractivity contribution in [2.45, 2.75) is 6.18 Å². The summed E-state index contributed by atoms with van der Waals surface area (Å²) in [5.74, 6) is -0.334. The maximum Gasteiger partial charge on any atom is 0.437 e. The lowest BCUT2D eigenvalue weighted by Gasteiger charge is -2.16. The van der Waals surface area contributed by atoms with Crippen molar-refractivity contribution in [3.05, 3.63) is 42.2 Å². The van der Waals surface area contributed by atoms with Crippen LogP contribution in [0.5, 0.6) is 5.75 Å². The first-order valence-electron chi connectivity index (χ1n) is 10.3. The number of nitrogens with zero attached hydrogens (tertiary/aromatic N) is 6. The number of pyridine rings is 1. The Kier molecular flexibility index (Phi) is 5.12. The zero-order valence-electron chi connectivity index (χ0n) is 18.4. The van der Waals surface area contributed by atoms with Gasteiger partial charge in [-0.25, -0.2) is 9.37 Å². The highest BCUT2D eigenvalue weighted by Gasteiger charge is 2.38. The van der Waals surface area contributed by atoms with Crippen molar-refractivity contribution in [2.75, 3.05) is 27.2 Å². The summed E-state index contributed by atoms with van der Waals surface area (Å²) >= 11 is 0. The van der Waals surface area contributed by atoms with Crippen LogP contribution in [0.2, 0.25) is 0 Å². The standard InChI is InChI=1S/C22H19F4N7O/c1-32(2)6-7-34-14-9-11(23)8-13-15-12(17-21(22(24,25)26)30-31-29-17)4-5-27-18(15)19-20(16(13)14)33(3)10-28-19/h4-5,8-10H,6-7H2,1-3H3,(H,29,30,31). The summed E-state index contributed by atoms with van der Waals surface area (Å²) in [6.45, 7) is 0.866. The van der Waals surface area contributed by atoms with Crippen LogP contribution in [0, 0.1) is 5.82 Å². The van der Waals surface area contributed by atoms with Gasteiger partial charge in [-0.2, -0.15) is 28.6 Å². The van der Waals surface area contributed by atoms with Crippen LogP contribution in [0.15, 0.2) is 30.7 Å². The molecule has 3 aromatic heterocycles. The maximum atomic E-state index is 14.8. The molecule has 8 nitrogen and oxygen atoms in total. The van der Waals surface area contributed by atoms with E-state index in [9.17, 15) is 17.6 Å². The highest BCUT2D eigenvalue weighted by molar-refractivity contribution is 6.26. The van der Waals surface area contributed by atoms with Crippen LogP contribution in [-0.4, -0.2) is 62.1 Å². The van der Waals surface area contributed by atoms with Gasteiger partial charge in [0.1, 0.15) is 29.4 Å². The van der Waals surface area contributed by atoms with Gasteiger partial charge in [0, 0.05) is 42.2 Å². The fourth-order valence-electron chi connectivity index (χ4n) is 4.10. The number of aromatic nitrogens is 6. The molecule has 0 fully saturated rings. The van der Waals surface area contributed by atoms with Gasteiger partial charge in [-0.05, 0) is 26.2 Å². The Morgan fingerprint density at radius 3 is 2.62 bits per heavy atom. The molecule has 0 radical (unpaired) electrons. The Morgan fingerprint density at radius 2 is 1.88 bits per heavy atom. The van der Waals surface area contributed by atoms with Crippen LogP contribution in [0.1, 0.15) is 5.69 Å². The lowest BCUT2D eigenvalue weighted by atomic mass is 9.96. The third-order valence-electron chi connectivity index (χ3n) is 5.55. The molecule has 176 valence electrons. The average molecular weight is 473 g/mol. The van der Waals surface area contributed by atoms with E-state index in [0.29, 0.717) is 33.9 Å². The van der Waals surface area contributed by atoms with E-state index in [0.717, 1.165) is 0 Å². The summed E-state index contributed by atoms with van der Waals surface area (Å²) in [4.78, 5) is 10.8. The predicted molar refractivity (Wildman–Crippen MR) is 118 cm³/mol. The van der Waals surface area contributed by atoms with Crippen LogP contribution in [-0.2, 0) is 13.2 Å². The number of halogens is 4. The topological polar surface area (TPSA) is 84.8 Å². The van der Waals surface area contributed by atoms with Gasteiger partial charge < -0.3 is 14.2 Å². The van der Waals surface area contributed by atoms with Crippen LogP contribution in [0.4, 0.5) is 17.6 Å². The van der Waals surface area contributed by atoms with Gasteiger partial charge in [0.15, 0.2) is 5.69 Å². The SMILES string of the molecule is CN(C)CCOc1cc(F)cc2c3c(-c4n[nH]nc4C(F)(F)F)ccnc3c3ncn(C)c3c12. The minimum Gasteiger partial charge on any atom is -0.491 e. The number of hydrogen-bond donors (Lipinski definition) is 1. The molecule has 0 aliphatic rings. The summed E-state index contributed by atoms with van der Waals surface area (Å²) in [7, 11) is 5.54. The molecule has 0 aliphatic heterocycles. The Bertz CT molecular complexity index is 1540. The van der Waals surface area contributed by atoms with Crippen molar-refractivity contribution in [2.24, 2.45) is 7.05 Å². The second-order valence-corrected chi connectivity index (χ2v) is 8.13. The van der Waals surface area contributed by atoms with E-state index in [1.165, 1.54) is 24.4 Å². The van der Waals surface area contributed by atoms with Crippen LogP contribution in [0.3, 0.4) is 0 Å². The van der Waals surface area contributed by atoms with Crippen molar-refractivity contribution in [1.29, 1.82) is 0 Å². The molecule has 5 rings (SSSR count). The number of aromatic amines is 1. The van der Waals surface area contributed by atoms with Crippen molar-refractivity contribution in [1.82, 2.24) is 34.8 Å². The van der Waals surface area contributed by atoms with Gasteiger partial charge in [0.25, 0.3) is 0 Å². The van der Waals surface area contributed by atoms with Gasteiger partial charge in [-0.15, -0.1) is 0 Å². The fraction of sp³-hybridized carbons (Fsp3) is 0.273. The number of fused-ring (bicyclic) bond motifs is 6. The fourth-order valence-corrected chi connectivity index (χ4v) is 4.10. The monoisotopic (exact) mass is 473 g/mol. The van der Waals surface area contributed by atoms with Crippen molar-refractivity contribution in [3.63, 3.8) is 0 Å². The molecule has 34 heavy (non-hydrogen) atoms. The Balaban J connectivity index is 1.91. The van der Waals surface area contributed by atoms with Gasteiger partial charge in [0.05, 0.1) is 22.7 Å². The number of likely N-dealkylation sites (N-methyl/N-ethyl adjacent to an activating group) is 1. The zero-order chi connectivity index (χ0) is 24.2. The molecule has 3 heterocycles. The molecule has 0 spiro atoms. The first-order valence-corrected chi connectivity index (χ1v) is 10.3. The number of H-pyrrole nitrogens is 1. The summed E-state index contributed by atoms with van der Waals surface area (Å²) in [6.07, 6.45) is -1.79. The molecule has 0 amide bonds. The van der Waals surface area contributed by atoms with Crippen LogP contribution in [0.25, 0.3) is 44.0 Å². The smallest absolute Gasteiger partial charge is 0.437 e. The van der Waals surface area contributed by atoms with E-state index in [1.54, 1.807) is 17.9 Å². The van der Waals surface area contributed by atoms with Crippen molar-refractivity contribution >= 4 is 32.7 Å². The molecule has 0 aliphatic carbocycles. The molecule has 0 unspecified atom stereocenters. The first kappa shape index (κ1) is 22.0. The van der Waals surface area contributed by atoms with E-state index in [-0.39, 0.29) is 23.3 Å². The maximum absolute atomic E-state index is 14.8. The van der Waals surface area contributed by atoms with E-state index in [4.69, 9.17) is 4.74 Å². The van der Waals surface area contributed by atoms with E-state index in [2.05, 4.69) is 25.4 Å². The molecular formula is C22H19F4N7O. The molecule has 0 bridgehead atoms. The predicted octanol–water partition coefficient (Wildman–Crippen LogP) is 4.16. The lowest BCUT2D eigenvalue weighted by molar-refractivity contribution is -0.140. The molecule has 0 atom stereocenters. The van der Waals surface area contributed by atoms with E-state index >= 15 is 0 Å². The lowest BCUT2D eigenvalue weighted by Crippen LogP contribution is -2.19. The number of imidazole rings is 1. The molecule has 12 heteroatoms. The number of alkyl halides is 3. The summed E-state index contributed by atoms with van der Waals surface area (Å²) < 4.78 is 63.4. The van der Waals surface area contributed by atoms with Crippen LogP contribution < -0.4 is 4.74 Å². The van der Waals surface area contributed by atoms with Gasteiger partial charge in [-0.1, -0.05) is 0 Å². The largest absolute Gasteiger partial charge is 0.491 e. The number of ether oxygens (including phenoxy) is 1. The molecular weight excluding hydrogens is 454 g/mol. The second-order valence-electron chi connectivity index (χ2n) is 8.13. The molecule has 2 aromatic carbocycles. The normalized spacial score (nSPS) is 12.5. The quantitative estimate of drug-likeness (QED) is 0.305. The third kappa shape index (κ3) is 3.50. The number of aryl methyl sites for hydroxylation is 1. The van der Waals surface area contributed by atoms with Crippen molar-refractivity contribution in [3.8, 4) is 17.0 Å². The van der Waals surface area contributed by atoms with Gasteiger partial charge in [-0.3, -0.25) is 4.98 Å². The minimum atomic E-state index is -4.74. The zero-order valence-corrected chi connectivity index (χ0v) is 18.4. The molecule has 5 aromatic rings. The highest BCUT2D eigenvalue weighted by Crippen LogP contribution is 2.44. The average Bonchev–Trinajstić information content (AvgIpc) is 3.40. The number of hydrogen-bond acceptors (Lipinski definition) is 6. The Hall–Kier alpha value is -3.80. The summed E-state index contributed by atoms with van der Waals surface area (Å²) in [6, 6.07) is 3.94. The number of benzene rings is 2. The summed E-state index contributed by atoms with van der Waals surface area (Å²) in [5, 5.41) is 10.3. The Labute approximate surface area is 190 Å². The van der Waals surface area contributed by atoms with E-state index < -0.39 is 23.4 Å². The van der Waals surface area contributed by atoms with Gasteiger partial charge >= 0.3 is 6.18 Å². The summed E-state index contributed by atoms with van der Waals surface area (Å²) in [5.41, 5.74) is -0.0739. The first-order chi connectivity index (χ1) is 16.2. The van der Waals surface area contributed by atoms with Gasteiger partial charge in [0.2, 0.25) is 0 Å². The number of rotatable bonds is 5. The second kappa shape index (κ2) is 7.90. The molecule has 1 N–H and O–H groups in total. The Morgan fingerprint density at radius 1 is 1.09 bits per heavy atom. The molecule has 0 saturated carbocycles. The molecule has 0 saturated heterocycles. The third-order valence-corrected chi connectivity index (χ3v) is 5.55. The minimum absolute atomic E-state index is 0.105.